The Balaban J connectivity index is 1.71. The van der Waals surface area contributed by atoms with E-state index in [0.717, 1.165) is 60.8 Å². The van der Waals surface area contributed by atoms with Crippen molar-refractivity contribution < 1.29 is 26.4 Å². The normalized spacial score (nSPS) is 12.8. The van der Waals surface area contributed by atoms with Gasteiger partial charge in [-0.15, -0.1) is 0 Å². The SMILES string of the molecule is CCCCCCS(=O)(=O)Nc1c(C)c(C)cc(-c2ccc(-c3cc(C)c(C)c(NS(=O)(=O)CCCCCC)c3C)c3c2C(=O)c2ccccc2C3=O)c1C. The molecule has 8 nitrogen and oxygen atoms in total. The Kier molecular flexibility index (Phi) is 12.6. The summed E-state index contributed by atoms with van der Waals surface area (Å²) in [5.74, 6) is -0.588. The summed E-state index contributed by atoms with van der Waals surface area (Å²) >= 11 is 0. The lowest BCUT2D eigenvalue weighted by Crippen LogP contribution is -2.23. The third-order valence-corrected chi connectivity index (χ3v) is 13.6. The summed E-state index contributed by atoms with van der Waals surface area (Å²) in [6.45, 7) is 15.4. The van der Waals surface area contributed by atoms with Crippen molar-refractivity contribution in [2.24, 2.45) is 0 Å². The Labute approximate surface area is 322 Å². The maximum absolute atomic E-state index is 14.6. The van der Waals surface area contributed by atoms with Crippen LogP contribution >= 0.6 is 0 Å². The van der Waals surface area contributed by atoms with E-state index in [4.69, 9.17) is 0 Å². The van der Waals surface area contributed by atoms with Gasteiger partial charge < -0.3 is 0 Å². The van der Waals surface area contributed by atoms with Gasteiger partial charge >= 0.3 is 0 Å². The molecule has 0 bridgehead atoms. The van der Waals surface area contributed by atoms with Crippen LogP contribution in [0.4, 0.5) is 11.4 Å². The number of hydrogen-bond acceptors (Lipinski definition) is 6. The van der Waals surface area contributed by atoms with E-state index in [0.29, 0.717) is 68.7 Å². The van der Waals surface area contributed by atoms with E-state index >= 15 is 0 Å². The molecule has 288 valence electrons. The van der Waals surface area contributed by atoms with Crippen LogP contribution in [0.3, 0.4) is 0 Å². The molecule has 0 heterocycles. The fraction of sp³-hybridized carbons (Fsp3) is 0.409. The lowest BCUT2D eigenvalue weighted by atomic mass is 9.75. The molecule has 0 saturated heterocycles. The number of anilines is 2. The number of rotatable bonds is 16. The van der Waals surface area contributed by atoms with Crippen molar-refractivity contribution in [2.75, 3.05) is 20.9 Å². The highest BCUT2D eigenvalue weighted by Crippen LogP contribution is 2.45. The van der Waals surface area contributed by atoms with Gasteiger partial charge in [-0.1, -0.05) is 101 Å². The molecule has 0 radical (unpaired) electrons. The molecule has 0 unspecified atom stereocenters. The van der Waals surface area contributed by atoms with Crippen molar-refractivity contribution in [3.05, 3.63) is 104 Å². The standard InChI is InChI=1S/C44H54N2O6S2/c1-9-11-13-17-23-53(49,50)45-41-29(5)27(3)25-37(31(41)7)33-21-22-34(40-39(33)43(47)35-19-15-16-20-36(35)44(40)48)38-26-28(4)30(6)42(32(38)8)46-54(51,52)24-18-14-12-10-2/h15-16,19-22,25-26,45-46H,9-14,17-18,23-24H2,1-8H3. The van der Waals surface area contributed by atoms with Crippen LogP contribution in [0, 0.1) is 41.5 Å². The van der Waals surface area contributed by atoms with Crippen LogP contribution in [-0.4, -0.2) is 39.9 Å². The van der Waals surface area contributed by atoms with Gasteiger partial charge in [0.1, 0.15) is 0 Å². The summed E-state index contributed by atoms with van der Waals surface area (Å²) in [4.78, 5) is 29.3. The van der Waals surface area contributed by atoms with E-state index in [2.05, 4.69) is 23.3 Å². The minimum Gasteiger partial charge on any atom is -0.289 e. The Morgan fingerprint density at radius 2 is 0.833 bits per heavy atom. The van der Waals surface area contributed by atoms with Crippen molar-refractivity contribution in [1.29, 1.82) is 0 Å². The van der Waals surface area contributed by atoms with Crippen LogP contribution < -0.4 is 9.44 Å². The first-order chi connectivity index (χ1) is 25.5. The van der Waals surface area contributed by atoms with E-state index < -0.39 is 20.0 Å². The summed E-state index contributed by atoms with van der Waals surface area (Å²) in [6, 6.07) is 14.4. The first kappa shape index (κ1) is 40.9. The van der Waals surface area contributed by atoms with E-state index in [1.807, 2.05) is 65.8 Å². The monoisotopic (exact) mass is 770 g/mol. The molecule has 54 heavy (non-hydrogen) atoms. The Bertz CT molecular complexity index is 2180. The zero-order valence-electron chi connectivity index (χ0n) is 33.0. The lowest BCUT2D eigenvalue weighted by molar-refractivity contribution is 0.0980. The molecule has 0 saturated carbocycles. The second-order valence-electron chi connectivity index (χ2n) is 14.8. The lowest BCUT2D eigenvalue weighted by Gasteiger charge is -2.26. The molecule has 0 atom stereocenters. The van der Waals surface area contributed by atoms with E-state index in [1.54, 1.807) is 24.3 Å². The number of aryl methyl sites for hydroxylation is 2. The topological polar surface area (TPSA) is 126 Å². The molecular weight excluding hydrogens is 717 g/mol. The van der Waals surface area contributed by atoms with Gasteiger partial charge in [-0.2, -0.15) is 0 Å². The fourth-order valence-corrected chi connectivity index (χ4v) is 10.1. The molecule has 1 aliphatic rings. The summed E-state index contributed by atoms with van der Waals surface area (Å²) in [5, 5.41) is 0. The minimum atomic E-state index is -3.65. The molecule has 0 spiro atoms. The molecule has 0 amide bonds. The number of fused-ring (bicyclic) bond motifs is 2. The van der Waals surface area contributed by atoms with Crippen molar-refractivity contribution >= 4 is 43.0 Å². The number of ketones is 2. The van der Waals surface area contributed by atoms with Gasteiger partial charge in [0, 0.05) is 22.3 Å². The largest absolute Gasteiger partial charge is 0.289 e. The third kappa shape index (κ3) is 8.35. The van der Waals surface area contributed by atoms with Gasteiger partial charge in [0.05, 0.1) is 22.9 Å². The number of benzene rings is 4. The quantitative estimate of drug-likeness (QED) is 0.0962. The summed E-state index contributed by atoms with van der Waals surface area (Å²) in [5.41, 5.74) is 8.96. The molecule has 0 aromatic heterocycles. The van der Waals surface area contributed by atoms with E-state index in [-0.39, 0.29) is 34.2 Å². The van der Waals surface area contributed by atoms with Crippen LogP contribution in [0.15, 0.2) is 48.5 Å². The van der Waals surface area contributed by atoms with Gasteiger partial charge in [0.2, 0.25) is 20.0 Å². The summed E-state index contributed by atoms with van der Waals surface area (Å²) in [6.07, 6.45) is 6.73. The highest BCUT2D eigenvalue weighted by Gasteiger charge is 2.35. The van der Waals surface area contributed by atoms with Crippen molar-refractivity contribution in [3.8, 4) is 22.3 Å². The predicted molar refractivity (Wildman–Crippen MR) is 222 cm³/mol. The molecule has 4 aromatic rings. The second kappa shape index (κ2) is 16.6. The number of nitrogens with one attached hydrogen (secondary N) is 2. The Hall–Kier alpha value is -4.28. The number of carbonyl (C=O) groups is 2. The smallest absolute Gasteiger partial charge is 0.232 e. The van der Waals surface area contributed by atoms with E-state index in [9.17, 15) is 26.4 Å². The van der Waals surface area contributed by atoms with Gasteiger partial charge in [-0.3, -0.25) is 19.0 Å². The van der Waals surface area contributed by atoms with Crippen LogP contribution in [-0.2, 0) is 20.0 Å². The van der Waals surface area contributed by atoms with Gasteiger partial charge in [0.25, 0.3) is 0 Å². The average molecular weight is 771 g/mol. The molecule has 1 aliphatic carbocycles. The number of sulfonamides is 2. The Morgan fingerprint density at radius 3 is 1.19 bits per heavy atom. The van der Waals surface area contributed by atoms with Crippen LogP contribution in [0.2, 0.25) is 0 Å². The summed E-state index contributed by atoms with van der Waals surface area (Å²) < 4.78 is 59.0. The van der Waals surface area contributed by atoms with Gasteiger partial charge in [-0.25, -0.2) is 16.8 Å². The molecule has 4 aromatic carbocycles. The summed E-state index contributed by atoms with van der Waals surface area (Å²) in [7, 11) is -7.31. The van der Waals surface area contributed by atoms with Gasteiger partial charge in [0.15, 0.2) is 11.6 Å². The van der Waals surface area contributed by atoms with Gasteiger partial charge in [-0.05, 0) is 110 Å². The highest BCUT2D eigenvalue weighted by molar-refractivity contribution is 7.93. The molecule has 0 aliphatic heterocycles. The highest BCUT2D eigenvalue weighted by atomic mass is 32.2. The van der Waals surface area contributed by atoms with Crippen molar-refractivity contribution in [2.45, 2.75) is 107 Å². The molecule has 10 heteroatoms. The molecular formula is C44H54N2O6S2. The van der Waals surface area contributed by atoms with Crippen LogP contribution in [0.1, 0.15) is 130 Å². The maximum Gasteiger partial charge on any atom is 0.232 e. The van der Waals surface area contributed by atoms with Crippen LogP contribution in [0.5, 0.6) is 0 Å². The average Bonchev–Trinajstić information content (AvgIpc) is 3.14. The second-order valence-corrected chi connectivity index (χ2v) is 18.5. The van der Waals surface area contributed by atoms with Crippen LogP contribution in [0.25, 0.3) is 22.3 Å². The molecule has 0 fully saturated rings. The predicted octanol–water partition coefficient (Wildman–Crippen LogP) is 10.3. The van der Waals surface area contributed by atoms with Crippen molar-refractivity contribution in [3.63, 3.8) is 0 Å². The maximum atomic E-state index is 14.6. The zero-order valence-corrected chi connectivity index (χ0v) is 34.6. The number of unbranched alkanes of at least 4 members (excludes halogenated alkanes) is 6. The van der Waals surface area contributed by atoms with E-state index in [1.165, 1.54) is 0 Å². The fourth-order valence-electron chi connectivity index (χ4n) is 7.48. The minimum absolute atomic E-state index is 0.00927. The molecule has 5 rings (SSSR count). The first-order valence-electron chi connectivity index (χ1n) is 19.1. The molecule has 2 N–H and O–H groups in total. The number of hydrogen-bond donors (Lipinski definition) is 2. The number of carbonyl (C=O) groups excluding carboxylic acids is 2. The first-order valence-corrected chi connectivity index (χ1v) is 22.4. The van der Waals surface area contributed by atoms with Crippen molar-refractivity contribution in [1.82, 2.24) is 0 Å². The Morgan fingerprint density at radius 1 is 0.463 bits per heavy atom. The third-order valence-electron chi connectivity index (χ3n) is 10.9. The zero-order chi connectivity index (χ0) is 39.5.